The van der Waals surface area contributed by atoms with Gasteiger partial charge in [0.1, 0.15) is 6.67 Å². The Bertz CT molecular complexity index is 280. The predicted octanol–water partition coefficient (Wildman–Crippen LogP) is 3.38. The summed E-state index contributed by atoms with van der Waals surface area (Å²) >= 11 is 11.4. The molecule has 0 aliphatic heterocycles. The summed E-state index contributed by atoms with van der Waals surface area (Å²) in [6.45, 7) is -0.599. The summed E-state index contributed by atoms with van der Waals surface area (Å²) in [6.07, 6.45) is 0. The first-order valence-corrected chi connectivity index (χ1v) is 4.17. The van der Waals surface area contributed by atoms with Gasteiger partial charge in [0.05, 0.1) is 16.1 Å². The lowest BCUT2D eigenvalue weighted by molar-refractivity contribution is 0.437. The van der Waals surface area contributed by atoms with E-state index >= 15 is 0 Å². The van der Waals surface area contributed by atoms with E-state index in [1.54, 1.807) is 18.2 Å². The molecule has 0 aliphatic rings. The molecule has 74 valence electrons. The number of alkyl halides is 1. The normalized spacial score (nSPS) is 12.0. The molecule has 1 rings (SSSR count). The zero-order valence-electron chi connectivity index (χ0n) is 6.64. The molecule has 2 N–H and O–H groups in total. The molecule has 13 heavy (non-hydrogen) atoms. The second-order valence-corrected chi connectivity index (χ2v) is 3.25. The highest BCUT2D eigenvalue weighted by Gasteiger charge is 2.06. The van der Waals surface area contributed by atoms with Crippen LogP contribution in [0.25, 0.3) is 0 Å². The molecule has 1 nitrogen and oxygen atoms in total. The summed E-state index contributed by atoms with van der Waals surface area (Å²) in [5.41, 5.74) is 6.10. The summed E-state index contributed by atoms with van der Waals surface area (Å²) in [6, 6.07) is 4.24. The monoisotopic (exact) mass is 243 g/mol. The fourth-order valence-electron chi connectivity index (χ4n) is 0.832. The molecule has 0 bridgehead atoms. The van der Waals surface area contributed by atoms with Crippen molar-refractivity contribution in [3.8, 4) is 0 Å². The molecular weight excluding hydrogens is 235 g/mol. The quantitative estimate of drug-likeness (QED) is 0.848. The SMILES string of the molecule is Cl.N[C@H](CF)c1ccc(Cl)c(Cl)c1. The van der Waals surface area contributed by atoms with Gasteiger partial charge in [-0.25, -0.2) is 4.39 Å². The number of halogens is 4. The van der Waals surface area contributed by atoms with Gasteiger partial charge in [0.25, 0.3) is 0 Å². The van der Waals surface area contributed by atoms with Crippen LogP contribution in [0.4, 0.5) is 4.39 Å². The van der Waals surface area contributed by atoms with Crippen LogP contribution in [0.3, 0.4) is 0 Å². The van der Waals surface area contributed by atoms with Crippen LogP contribution in [0.1, 0.15) is 11.6 Å². The summed E-state index contributed by atoms with van der Waals surface area (Å²) in [7, 11) is 0. The molecule has 0 saturated heterocycles. The molecule has 1 aromatic rings. The van der Waals surface area contributed by atoms with Crippen molar-refractivity contribution in [1.29, 1.82) is 0 Å². The van der Waals surface area contributed by atoms with Crippen LogP contribution in [-0.2, 0) is 0 Å². The molecule has 0 amide bonds. The van der Waals surface area contributed by atoms with Crippen LogP contribution < -0.4 is 5.73 Å². The molecule has 0 fully saturated rings. The maximum absolute atomic E-state index is 12.1. The van der Waals surface area contributed by atoms with Crippen molar-refractivity contribution < 1.29 is 4.39 Å². The lowest BCUT2D eigenvalue weighted by Gasteiger charge is -2.07. The van der Waals surface area contributed by atoms with Gasteiger partial charge in [-0.05, 0) is 17.7 Å². The highest BCUT2D eigenvalue weighted by atomic mass is 35.5. The molecular formula is C8H9Cl3FN. The van der Waals surface area contributed by atoms with Gasteiger partial charge in [0, 0.05) is 0 Å². The van der Waals surface area contributed by atoms with Gasteiger partial charge in [-0.15, -0.1) is 12.4 Å². The van der Waals surface area contributed by atoms with Crippen molar-refractivity contribution in [1.82, 2.24) is 0 Å². The third kappa shape index (κ3) is 3.31. The first kappa shape index (κ1) is 13.0. The average Bonchev–Trinajstić information content (AvgIpc) is 2.08. The Morgan fingerprint density at radius 1 is 1.31 bits per heavy atom. The van der Waals surface area contributed by atoms with Crippen LogP contribution in [0.15, 0.2) is 18.2 Å². The van der Waals surface area contributed by atoms with E-state index in [0.717, 1.165) is 0 Å². The maximum atomic E-state index is 12.1. The van der Waals surface area contributed by atoms with Crippen LogP contribution in [-0.4, -0.2) is 6.67 Å². The Morgan fingerprint density at radius 2 is 1.92 bits per heavy atom. The van der Waals surface area contributed by atoms with Gasteiger partial charge in [0.15, 0.2) is 0 Å². The standard InChI is InChI=1S/C8H8Cl2FN.ClH/c9-6-2-1-5(3-7(6)10)8(12)4-11;/h1-3,8H,4,12H2;1H/t8-;/m1./s1. The number of hydrogen-bond acceptors (Lipinski definition) is 1. The fraction of sp³-hybridized carbons (Fsp3) is 0.250. The third-order valence-electron chi connectivity index (χ3n) is 1.54. The van der Waals surface area contributed by atoms with Gasteiger partial charge >= 0.3 is 0 Å². The van der Waals surface area contributed by atoms with Crippen molar-refractivity contribution in [3.05, 3.63) is 33.8 Å². The Morgan fingerprint density at radius 3 is 2.38 bits per heavy atom. The molecule has 0 heterocycles. The number of rotatable bonds is 2. The molecule has 1 atom stereocenters. The smallest absolute Gasteiger partial charge is 0.109 e. The minimum atomic E-state index is -0.611. The largest absolute Gasteiger partial charge is 0.322 e. The predicted molar refractivity (Wildman–Crippen MR) is 56.6 cm³/mol. The van der Waals surface area contributed by atoms with Crippen molar-refractivity contribution in [3.63, 3.8) is 0 Å². The number of hydrogen-bond donors (Lipinski definition) is 1. The van der Waals surface area contributed by atoms with Gasteiger partial charge in [-0.2, -0.15) is 0 Å². The van der Waals surface area contributed by atoms with Crippen molar-refractivity contribution >= 4 is 35.6 Å². The summed E-state index contributed by atoms with van der Waals surface area (Å²) in [5.74, 6) is 0. The van der Waals surface area contributed by atoms with Crippen LogP contribution >= 0.6 is 35.6 Å². The summed E-state index contributed by atoms with van der Waals surface area (Å²) in [5, 5.41) is 0.851. The fourth-order valence-corrected chi connectivity index (χ4v) is 1.14. The Hall–Kier alpha value is -0.0200. The molecule has 0 saturated carbocycles. The third-order valence-corrected chi connectivity index (χ3v) is 2.28. The van der Waals surface area contributed by atoms with E-state index in [4.69, 9.17) is 28.9 Å². The van der Waals surface area contributed by atoms with E-state index in [2.05, 4.69) is 0 Å². The highest BCUT2D eigenvalue weighted by molar-refractivity contribution is 6.42. The highest BCUT2D eigenvalue weighted by Crippen LogP contribution is 2.24. The van der Waals surface area contributed by atoms with E-state index in [1.807, 2.05) is 0 Å². The Kier molecular flexibility index (Phi) is 5.65. The first-order valence-electron chi connectivity index (χ1n) is 3.41. The maximum Gasteiger partial charge on any atom is 0.109 e. The van der Waals surface area contributed by atoms with Crippen molar-refractivity contribution in [2.75, 3.05) is 6.67 Å². The molecule has 0 spiro atoms. The average molecular weight is 245 g/mol. The summed E-state index contributed by atoms with van der Waals surface area (Å²) < 4.78 is 12.1. The molecule has 0 radical (unpaired) electrons. The lowest BCUT2D eigenvalue weighted by Crippen LogP contribution is -2.11. The van der Waals surface area contributed by atoms with Gasteiger partial charge in [0.2, 0.25) is 0 Å². The minimum absolute atomic E-state index is 0. The van der Waals surface area contributed by atoms with Crippen molar-refractivity contribution in [2.24, 2.45) is 5.73 Å². The van der Waals surface area contributed by atoms with Crippen LogP contribution in [0.2, 0.25) is 10.0 Å². The van der Waals surface area contributed by atoms with Crippen molar-refractivity contribution in [2.45, 2.75) is 6.04 Å². The zero-order chi connectivity index (χ0) is 9.14. The minimum Gasteiger partial charge on any atom is -0.322 e. The topological polar surface area (TPSA) is 26.0 Å². The summed E-state index contributed by atoms with van der Waals surface area (Å²) in [4.78, 5) is 0. The molecule has 5 heteroatoms. The van der Waals surface area contributed by atoms with Gasteiger partial charge < -0.3 is 5.73 Å². The lowest BCUT2D eigenvalue weighted by atomic mass is 10.1. The molecule has 0 aromatic heterocycles. The van der Waals surface area contributed by atoms with Gasteiger partial charge in [-0.1, -0.05) is 29.3 Å². The molecule has 0 unspecified atom stereocenters. The Labute approximate surface area is 92.4 Å². The van der Waals surface area contributed by atoms with Gasteiger partial charge in [-0.3, -0.25) is 0 Å². The second kappa shape index (κ2) is 5.66. The number of benzene rings is 1. The van der Waals surface area contributed by atoms with E-state index < -0.39 is 12.7 Å². The molecule has 0 aliphatic carbocycles. The van der Waals surface area contributed by atoms with E-state index in [1.165, 1.54) is 0 Å². The van der Waals surface area contributed by atoms with E-state index in [-0.39, 0.29) is 12.4 Å². The van der Waals surface area contributed by atoms with E-state index in [0.29, 0.717) is 15.6 Å². The second-order valence-electron chi connectivity index (χ2n) is 2.43. The van der Waals surface area contributed by atoms with E-state index in [9.17, 15) is 4.39 Å². The number of nitrogens with two attached hydrogens (primary N) is 1. The molecule has 1 aromatic carbocycles. The Balaban J connectivity index is 0.00000144. The zero-order valence-corrected chi connectivity index (χ0v) is 8.96. The first-order chi connectivity index (χ1) is 5.65. The van der Waals surface area contributed by atoms with Crippen LogP contribution in [0, 0.1) is 0 Å². The van der Waals surface area contributed by atoms with Crippen LogP contribution in [0.5, 0.6) is 0 Å².